The van der Waals surface area contributed by atoms with E-state index in [-0.39, 0.29) is 17.0 Å². The Bertz CT molecular complexity index is 1330. The number of para-hydroxylation sites is 1. The van der Waals surface area contributed by atoms with Crippen LogP contribution < -0.4 is 14.8 Å². The Kier molecular flexibility index (Phi) is 6.47. The highest BCUT2D eigenvalue weighted by molar-refractivity contribution is 9.10. The summed E-state index contributed by atoms with van der Waals surface area (Å²) in [6.07, 6.45) is 1.77. The number of nitriles is 1. The van der Waals surface area contributed by atoms with Crippen LogP contribution in [0.25, 0.3) is 17.3 Å². The van der Waals surface area contributed by atoms with Crippen LogP contribution >= 0.6 is 27.3 Å². The Hall–Kier alpha value is -2.99. The van der Waals surface area contributed by atoms with E-state index in [1.807, 2.05) is 42.5 Å². The van der Waals surface area contributed by atoms with Crippen LogP contribution in [0.5, 0.6) is 0 Å². The lowest BCUT2D eigenvalue weighted by molar-refractivity contribution is -0.128. The van der Waals surface area contributed by atoms with Crippen LogP contribution in [0.4, 0.5) is 0 Å². The van der Waals surface area contributed by atoms with Gasteiger partial charge in [-0.3, -0.25) is 14.2 Å². The molecule has 0 aliphatic carbocycles. The van der Waals surface area contributed by atoms with Gasteiger partial charge in [0.1, 0.15) is 10.7 Å². The van der Waals surface area contributed by atoms with Crippen LogP contribution in [0.3, 0.4) is 0 Å². The molecule has 3 aromatic rings. The molecule has 0 saturated carbocycles. The highest BCUT2D eigenvalue weighted by Gasteiger charge is 2.23. The van der Waals surface area contributed by atoms with Crippen LogP contribution in [-0.2, 0) is 9.53 Å². The Balaban J connectivity index is 1.98. The Morgan fingerprint density at radius 2 is 1.87 bits per heavy atom. The van der Waals surface area contributed by atoms with E-state index < -0.39 is 0 Å². The van der Waals surface area contributed by atoms with E-state index in [2.05, 4.69) is 22.0 Å². The summed E-state index contributed by atoms with van der Waals surface area (Å²) >= 11 is 4.59. The van der Waals surface area contributed by atoms with Gasteiger partial charge in [0.05, 0.1) is 23.4 Å². The molecule has 0 radical (unpaired) electrons. The van der Waals surface area contributed by atoms with E-state index in [9.17, 15) is 14.9 Å². The first-order valence-electron chi connectivity index (χ1n) is 9.64. The van der Waals surface area contributed by atoms with Crippen molar-refractivity contribution in [3.05, 3.63) is 84.2 Å². The predicted molar refractivity (Wildman–Crippen MR) is 123 cm³/mol. The molecular formula is C23H18BrN3O3S. The third-order valence-corrected chi connectivity index (χ3v) is 6.41. The van der Waals surface area contributed by atoms with Gasteiger partial charge in [-0.15, -0.1) is 11.3 Å². The molecule has 0 unspecified atom stereocenters. The zero-order chi connectivity index (χ0) is 21.8. The second-order valence-corrected chi connectivity index (χ2v) is 8.78. The van der Waals surface area contributed by atoms with Crippen molar-refractivity contribution >= 4 is 44.8 Å². The maximum atomic E-state index is 13.4. The monoisotopic (exact) mass is 495 g/mol. The lowest BCUT2D eigenvalue weighted by Crippen LogP contribution is -2.42. The van der Waals surface area contributed by atoms with Gasteiger partial charge in [0, 0.05) is 17.6 Å². The maximum Gasteiger partial charge on any atom is 0.273 e. The molecule has 1 aromatic heterocycles. The fourth-order valence-electron chi connectivity index (χ4n) is 3.32. The smallest absolute Gasteiger partial charge is 0.273 e. The number of thiazole rings is 1. The summed E-state index contributed by atoms with van der Waals surface area (Å²) in [7, 11) is 0. The zero-order valence-electron chi connectivity index (χ0n) is 16.5. The molecule has 0 bridgehead atoms. The molecule has 1 aliphatic heterocycles. The van der Waals surface area contributed by atoms with Crippen LogP contribution in [0.2, 0.25) is 0 Å². The van der Waals surface area contributed by atoms with E-state index >= 15 is 0 Å². The van der Waals surface area contributed by atoms with Gasteiger partial charge in [-0.1, -0.05) is 46.3 Å². The van der Waals surface area contributed by atoms with Crippen molar-refractivity contribution in [3.8, 4) is 11.8 Å². The van der Waals surface area contributed by atoms with E-state index in [0.29, 0.717) is 41.2 Å². The number of ether oxygens (including phenoxy) is 1. The number of hydrogen-bond acceptors (Lipinski definition) is 5. The Morgan fingerprint density at radius 3 is 2.55 bits per heavy atom. The fraction of sp³-hybridized carbons (Fsp3) is 0.174. The first-order chi connectivity index (χ1) is 15.1. The summed E-state index contributed by atoms with van der Waals surface area (Å²) in [5.41, 5.74) is 1.14. The molecule has 4 rings (SSSR count). The molecule has 1 aliphatic rings. The van der Waals surface area contributed by atoms with Crippen LogP contribution in [-0.4, -0.2) is 41.7 Å². The number of morpholine rings is 1. The average molecular weight is 496 g/mol. The Morgan fingerprint density at radius 1 is 1.13 bits per heavy atom. The minimum absolute atomic E-state index is 0.0401. The standard InChI is InChI=1S/C23H18BrN3O3S/c24-17-6-4-5-16(13-17)14-20-22(29)27(18-7-2-1-3-8-18)23(31-20)19(15-25)21(28)26-9-11-30-12-10-26/h1-8,13-14H,9-12H2/b20-14+,23-19+. The third-order valence-electron chi connectivity index (χ3n) is 4.82. The first-order valence-corrected chi connectivity index (χ1v) is 11.3. The molecule has 1 saturated heterocycles. The SMILES string of the molecule is N#C/C(C(=O)N1CCOCC1)=c1\s/c(=C/c2cccc(Br)c2)c(=O)n1-c1ccccc1. The van der Waals surface area contributed by atoms with Crippen molar-refractivity contribution in [1.29, 1.82) is 5.26 Å². The molecule has 6 nitrogen and oxygen atoms in total. The molecular weight excluding hydrogens is 478 g/mol. The molecule has 2 aromatic carbocycles. The zero-order valence-corrected chi connectivity index (χ0v) is 18.9. The third kappa shape index (κ3) is 4.54. The molecule has 1 amide bonds. The molecule has 31 heavy (non-hydrogen) atoms. The molecule has 0 atom stereocenters. The van der Waals surface area contributed by atoms with Crippen LogP contribution in [0.15, 0.2) is 63.9 Å². The highest BCUT2D eigenvalue weighted by Crippen LogP contribution is 2.12. The van der Waals surface area contributed by atoms with Crippen molar-refractivity contribution in [2.45, 2.75) is 0 Å². The summed E-state index contributed by atoms with van der Waals surface area (Å²) < 4.78 is 8.43. The summed E-state index contributed by atoms with van der Waals surface area (Å²) in [6, 6.07) is 18.7. The summed E-state index contributed by atoms with van der Waals surface area (Å²) in [5.74, 6) is -0.384. The number of carbonyl (C=O) groups excluding carboxylic acids is 1. The molecule has 156 valence electrons. The second kappa shape index (κ2) is 9.43. The summed E-state index contributed by atoms with van der Waals surface area (Å²) in [6.45, 7) is 1.70. The van der Waals surface area contributed by atoms with Crippen molar-refractivity contribution in [3.63, 3.8) is 0 Å². The predicted octanol–water partition coefficient (Wildman–Crippen LogP) is 2.02. The van der Waals surface area contributed by atoms with Gasteiger partial charge in [0.15, 0.2) is 5.57 Å². The molecule has 1 fully saturated rings. The van der Waals surface area contributed by atoms with Gasteiger partial charge in [-0.05, 0) is 35.9 Å². The summed E-state index contributed by atoms with van der Waals surface area (Å²) in [4.78, 5) is 28.1. The van der Waals surface area contributed by atoms with Crippen molar-refractivity contribution in [2.75, 3.05) is 26.3 Å². The van der Waals surface area contributed by atoms with E-state index in [1.165, 1.54) is 4.57 Å². The number of benzene rings is 2. The number of hydrogen-bond donors (Lipinski definition) is 0. The van der Waals surface area contributed by atoms with Gasteiger partial charge >= 0.3 is 0 Å². The molecule has 2 heterocycles. The number of carbonyl (C=O) groups is 1. The lowest BCUT2D eigenvalue weighted by Gasteiger charge is -2.26. The van der Waals surface area contributed by atoms with Gasteiger partial charge < -0.3 is 9.64 Å². The maximum absolute atomic E-state index is 13.4. The van der Waals surface area contributed by atoms with Crippen LogP contribution in [0, 0.1) is 11.3 Å². The summed E-state index contributed by atoms with van der Waals surface area (Å²) in [5, 5.41) is 9.89. The van der Waals surface area contributed by atoms with Crippen molar-refractivity contribution in [2.24, 2.45) is 0 Å². The second-order valence-electron chi connectivity index (χ2n) is 6.84. The normalized spacial score (nSPS) is 15.5. The molecule has 8 heteroatoms. The number of rotatable bonds is 3. The lowest BCUT2D eigenvalue weighted by atomic mass is 10.2. The number of amides is 1. The number of halogens is 1. The Labute approximate surface area is 191 Å². The van der Waals surface area contributed by atoms with Gasteiger partial charge in [0.2, 0.25) is 0 Å². The number of nitrogens with zero attached hydrogens (tertiary/aromatic N) is 3. The van der Waals surface area contributed by atoms with Crippen LogP contribution in [0.1, 0.15) is 5.56 Å². The minimum Gasteiger partial charge on any atom is -0.378 e. The quantitative estimate of drug-likeness (QED) is 0.556. The largest absolute Gasteiger partial charge is 0.378 e. The van der Waals surface area contributed by atoms with Crippen molar-refractivity contribution in [1.82, 2.24) is 9.47 Å². The minimum atomic E-state index is -0.384. The highest BCUT2D eigenvalue weighted by atomic mass is 79.9. The van der Waals surface area contributed by atoms with Crippen molar-refractivity contribution < 1.29 is 9.53 Å². The topological polar surface area (TPSA) is 75.3 Å². The van der Waals surface area contributed by atoms with E-state index in [1.54, 1.807) is 23.1 Å². The molecule has 0 spiro atoms. The van der Waals surface area contributed by atoms with Gasteiger partial charge in [-0.2, -0.15) is 5.26 Å². The van der Waals surface area contributed by atoms with E-state index in [4.69, 9.17) is 4.74 Å². The fourth-order valence-corrected chi connectivity index (χ4v) is 4.83. The first kappa shape index (κ1) is 21.2. The average Bonchev–Trinajstić information content (AvgIpc) is 3.11. The molecule has 0 N–H and O–H groups in total. The van der Waals surface area contributed by atoms with Gasteiger partial charge in [-0.25, -0.2) is 0 Å². The van der Waals surface area contributed by atoms with E-state index in [0.717, 1.165) is 21.4 Å². The number of aromatic nitrogens is 1. The van der Waals surface area contributed by atoms with Gasteiger partial charge in [0.25, 0.3) is 11.5 Å².